The highest BCUT2D eigenvalue weighted by Gasteiger charge is 2.18. The van der Waals surface area contributed by atoms with Crippen LogP contribution in [0.2, 0.25) is 0 Å². The average Bonchev–Trinajstić information content (AvgIpc) is 3.54. The SMILES string of the molecule is Cc1nc(OCC2COCCO2)cc(=O)n1Cc1ccc(C#CC2CC2)cc1. The summed E-state index contributed by atoms with van der Waals surface area (Å²) in [5.74, 6) is 7.98. The quantitative estimate of drug-likeness (QED) is 0.744. The molecule has 1 aliphatic heterocycles. The Morgan fingerprint density at radius 3 is 2.75 bits per heavy atom. The fourth-order valence-corrected chi connectivity index (χ4v) is 2.96. The van der Waals surface area contributed by atoms with Gasteiger partial charge in [-0.3, -0.25) is 9.36 Å². The van der Waals surface area contributed by atoms with Crippen LogP contribution in [0.4, 0.5) is 0 Å². The normalized spacial score (nSPS) is 19.0. The molecular formula is C22H24N2O4. The Morgan fingerprint density at radius 1 is 1.25 bits per heavy atom. The van der Waals surface area contributed by atoms with E-state index in [0.717, 1.165) is 11.1 Å². The second-order valence-corrected chi connectivity index (χ2v) is 7.19. The summed E-state index contributed by atoms with van der Waals surface area (Å²) < 4.78 is 18.1. The highest BCUT2D eigenvalue weighted by molar-refractivity contribution is 5.37. The molecule has 1 atom stereocenters. The van der Waals surface area contributed by atoms with Gasteiger partial charge in [0.05, 0.1) is 32.4 Å². The zero-order chi connectivity index (χ0) is 19.3. The molecule has 2 aromatic rings. The van der Waals surface area contributed by atoms with Crippen molar-refractivity contribution in [3.05, 3.63) is 57.6 Å². The number of nitrogens with zero attached hydrogens (tertiary/aromatic N) is 2. The molecule has 146 valence electrons. The maximum absolute atomic E-state index is 12.5. The van der Waals surface area contributed by atoms with E-state index in [1.165, 1.54) is 18.9 Å². The van der Waals surface area contributed by atoms with Gasteiger partial charge in [-0.1, -0.05) is 24.0 Å². The Balaban J connectivity index is 1.40. The van der Waals surface area contributed by atoms with Gasteiger partial charge < -0.3 is 14.2 Å². The second-order valence-electron chi connectivity index (χ2n) is 7.19. The molecule has 1 saturated carbocycles. The zero-order valence-electron chi connectivity index (χ0n) is 16.0. The van der Waals surface area contributed by atoms with E-state index in [9.17, 15) is 4.79 Å². The first-order valence-corrected chi connectivity index (χ1v) is 9.68. The number of aromatic nitrogens is 2. The molecule has 2 fully saturated rings. The first-order valence-electron chi connectivity index (χ1n) is 9.68. The fourth-order valence-electron chi connectivity index (χ4n) is 2.96. The first-order chi connectivity index (χ1) is 13.7. The van der Waals surface area contributed by atoms with Crippen molar-refractivity contribution in [3.8, 4) is 17.7 Å². The minimum atomic E-state index is -0.138. The highest BCUT2D eigenvalue weighted by atomic mass is 16.6. The molecule has 6 heteroatoms. The van der Waals surface area contributed by atoms with Crippen molar-refractivity contribution in [2.75, 3.05) is 26.4 Å². The summed E-state index contributed by atoms with van der Waals surface area (Å²) in [7, 11) is 0. The van der Waals surface area contributed by atoms with Crippen LogP contribution in [0, 0.1) is 24.7 Å². The first kappa shape index (κ1) is 18.7. The van der Waals surface area contributed by atoms with Crippen LogP contribution in [0.15, 0.2) is 35.1 Å². The number of benzene rings is 1. The lowest BCUT2D eigenvalue weighted by molar-refractivity contribution is -0.102. The van der Waals surface area contributed by atoms with Crippen LogP contribution in [0.1, 0.15) is 29.8 Å². The summed E-state index contributed by atoms with van der Waals surface area (Å²) in [5, 5.41) is 0. The number of hydrogen-bond acceptors (Lipinski definition) is 5. The molecule has 2 heterocycles. The maximum atomic E-state index is 12.5. The topological polar surface area (TPSA) is 62.6 Å². The lowest BCUT2D eigenvalue weighted by Gasteiger charge is -2.22. The Morgan fingerprint density at radius 2 is 2.07 bits per heavy atom. The predicted molar refractivity (Wildman–Crippen MR) is 104 cm³/mol. The van der Waals surface area contributed by atoms with Gasteiger partial charge in [0.2, 0.25) is 5.88 Å². The molecule has 28 heavy (non-hydrogen) atoms. The smallest absolute Gasteiger partial charge is 0.257 e. The van der Waals surface area contributed by atoms with Crippen molar-refractivity contribution in [1.82, 2.24) is 9.55 Å². The van der Waals surface area contributed by atoms with Crippen LogP contribution in [0.5, 0.6) is 5.88 Å². The molecule has 0 spiro atoms. The van der Waals surface area contributed by atoms with Gasteiger partial charge in [0, 0.05) is 11.5 Å². The molecule has 1 saturated heterocycles. The molecule has 6 nitrogen and oxygen atoms in total. The third-order valence-corrected chi connectivity index (χ3v) is 4.77. The van der Waals surface area contributed by atoms with E-state index in [-0.39, 0.29) is 11.7 Å². The molecule has 1 aromatic carbocycles. The Hall–Kier alpha value is -2.62. The predicted octanol–water partition coefficient (Wildman–Crippen LogP) is 2.16. The molecule has 0 bridgehead atoms. The summed E-state index contributed by atoms with van der Waals surface area (Å²) in [6.07, 6.45) is 2.32. The summed E-state index contributed by atoms with van der Waals surface area (Å²) in [6, 6.07) is 9.44. The maximum Gasteiger partial charge on any atom is 0.257 e. The fraction of sp³-hybridized carbons (Fsp3) is 0.455. The van der Waals surface area contributed by atoms with E-state index in [0.29, 0.717) is 50.6 Å². The molecule has 0 radical (unpaired) electrons. The number of rotatable bonds is 5. The van der Waals surface area contributed by atoms with Gasteiger partial charge in [0.25, 0.3) is 5.56 Å². The third kappa shape index (κ3) is 5.00. The summed E-state index contributed by atoms with van der Waals surface area (Å²) in [5.41, 5.74) is 1.90. The zero-order valence-corrected chi connectivity index (χ0v) is 16.0. The lowest BCUT2D eigenvalue weighted by atomic mass is 10.1. The van der Waals surface area contributed by atoms with Crippen LogP contribution >= 0.6 is 0 Å². The van der Waals surface area contributed by atoms with Gasteiger partial charge in [-0.15, -0.1) is 0 Å². The van der Waals surface area contributed by atoms with Gasteiger partial charge in [0.15, 0.2) is 0 Å². The van der Waals surface area contributed by atoms with Gasteiger partial charge in [-0.05, 0) is 37.5 Å². The molecule has 2 aliphatic rings. The van der Waals surface area contributed by atoms with Crippen molar-refractivity contribution in [3.63, 3.8) is 0 Å². The van der Waals surface area contributed by atoms with Crippen LogP contribution in [-0.4, -0.2) is 42.1 Å². The van der Waals surface area contributed by atoms with Crippen molar-refractivity contribution in [2.24, 2.45) is 5.92 Å². The molecule has 1 aromatic heterocycles. The molecule has 0 amide bonds. The monoisotopic (exact) mass is 380 g/mol. The van der Waals surface area contributed by atoms with E-state index in [4.69, 9.17) is 14.2 Å². The van der Waals surface area contributed by atoms with Crippen molar-refractivity contribution in [1.29, 1.82) is 0 Å². The summed E-state index contributed by atoms with van der Waals surface area (Å²) in [4.78, 5) is 16.9. The third-order valence-electron chi connectivity index (χ3n) is 4.77. The minimum Gasteiger partial charge on any atom is -0.475 e. The highest BCUT2D eigenvalue weighted by Crippen LogP contribution is 2.27. The van der Waals surface area contributed by atoms with E-state index in [1.54, 1.807) is 4.57 Å². The van der Waals surface area contributed by atoms with E-state index in [1.807, 2.05) is 31.2 Å². The lowest BCUT2D eigenvalue weighted by Crippen LogP contribution is -2.34. The molecule has 4 rings (SSSR count). The van der Waals surface area contributed by atoms with Crippen LogP contribution in [0.3, 0.4) is 0 Å². The standard InChI is InChI=1S/C22H24N2O4/c1-16-23-21(28-15-20-14-26-10-11-27-20)12-22(25)24(16)13-19-8-6-18(7-9-19)5-4-17-2-3-17/h6-9,12,17,20H,2-3,10-11,13-15H2,1H3. The number of aryl methyl sites for hydroxylation is 1. The Bertz CT molecular complexity index is 930. The number of hydrogen-bond donors (Lipinski definition) is 0. The van der Waals surface area contributed by atoms with Gasteiger partial charge in [0.1, 0.15) is 18.5 Å². The van der Waals surface area contributed by atoms with Crippen LogP contribution in [-0.2, 0) is 16.0 Å². The van der Waals surface area contributed by atoms with Crippen LogP contribution in [0.25, 0.3) is 0 Å². The Labute approximate surface area is 164 Å². The van der Waals surface area contributed by atoms with Crippen molar-refractivity contribution < 1.29 is 14.2 Å². The number of ether oxygens (including phenoxy) is 3. The van der Waals surface area contributed by atoms with Gasteiger partial charge >= 0.3 is 0 Å². The molecule has 1 aliphatic carbocycles. The van der Waals surface area contributed by atoms with Gasteiger partial charge in [-0.25, -0.2) is 4.98 Å². The second kappa shape index (κ2) is 8.59. The molecule has 1 unspecified atom stereocenters. The van der Waals surface area contributed by atoms with Crippen LogP contribution < -0.4 is 10.3 Å². The molecule has 0 N–H and O–H groups in total. The molecular weight excluding hydrogens is 356 g/mol. The Kier molecular flexibility index (Phi) is 5.75. The average molecular weight is 380 g/mol. The van der Waals surface area contributed by atoms with Gasteiger partial charge in [-0.2, -0.15) is 0 Å². The van der Waals surface area contributed by atoms with Crippen molar-refractivity contribution in [2.45, 2.75) is 32.4 Å². The summed E-state index contributed by atoms with van der Waals surface area (Å²) >= 11 is 0. The van der Waals surface area contributed by atoms with Crippen molar-refractivity contribution >= 4 is 0 Å². The largest absolute Gasteiger partial charge is 0.475 e. The van der Waals surface area contributed by atoms with E-state index < -0.39 is 0 Å². The van der Waals surface area contributed by atoms with E-state index in [2.05, 4.69) is 16.8 Å². The minimum absolute atomic E-state index is 0.125. The van der Waals surface area contributed by atoms with E-state index >= 15 is 0 Å². The summed E-state index contributed by atoms with van der Waals surface area (Å²) in [6.45, 7) is 4.26.